The van der Waals surface area contributed by atoms with Crippen molar-refractivity contribution in [1.82, 2.24) is 35.2 Å². The Bertz CT molecular complexity index is 872. The van der Waals surface area contributed by atoms with Crippen molar-refractivity contribution in [1.29, 1.82) is 0 Å². The highest BCUT2D eigenvalue weighted by Gasteiger charge is 2.27. The molecule has 0 saturated carbocycles. The van der Waals surface area contributed by atoms with E-state index in [1.54, 1.807) is 11.0 Å². The third-order valence-corrected chi connectivity index (χ3v) is 4.36. The summed E-state index contributed by atoms with van der Waals surface area (Å²) < 4.78 is 1.55. The number of piperidine rings is 1. The maximum atomic E-state index is 12.5. The van der Waals surface area contributed by atoms with Crippen molar-refractivity contribution in [2.45, 2.75) is 19.8 Å². The monoisotopic (exact) mass is 353 g/mol. The van der Waals surface area contributed by atoms with E-state index in [4.69, 9.17) is 0 Å². The molecular formula is C16H19N9O. The molecule has 0 bridgehead atoms. The highest BCUT2D eigenvalue weighted by Crippen LogP contribution is 2.22. The van der Waals surface area contributed by atoms with Crippen molar-refractivity contribution in [3.05, 3.63) is 36.5 Å². The molecule has 4 heterocycles. The number of aromatic nitrogens is 7. The Hall–Kier alpha value is -3.30. The first-order chi connectivity index (χ1) is 12.7. The Morgan fingerprint density at radius 2 is 2.15 bits per heavy atom. The zero-order valence-corrected chi connectivity index (χ0v) is 14.3. The molecule has 0 aliphatic carbocycles. The van der Waals surface area contributed by atoms with Gasteiger partial charge >= 0.3 is 0 Å². The second-order valence-corrected chi connectivity index (χ2v) is 6.30. The summed E-state index contributed by atoms with van der Waals surface area (Å²) in [5, 5.41) is 22.3. The van der Waals surface area contributed by atoms with Crippen molar-refractivity contribution in [3.63, 3.8) is 0 Å². The Labute approximate surface area is 149 Å². The molecule has 1 saturated heterocycles. The Morgan fingerprint density at radius 3 is 2.85 bits per heavy atom. The summed E-state index contributed by atoms with van der Waals surface area (Å²) in [6, 6.07) is 5.54. The van der Waals surface area contributed by atoms with Gasteiger partial charge in [0.25, 0.3) is 0 Å². The molecule has 26 heavy (non-hydrogen) atoms. The van der Waals surface area contributed by atoms with Crippen LogP contribution >= 0.6 is 0 Å². The number of carbonyl (C=O) groups is 1. The van der Waals surface area contributed by atoms with Crippen LogP contribution in [0, 0.1) is 12.8 Å². The largest absolute Gasteiger partial charge is 0.354 e. The number of rotatable bonds is 4. The van der Waals surface area contributed by atoms with Crippen molar-refractivity contribution in [3.8, 4) is 5.82 Å². The minimum Gasteiger partial charge on any atom is -0.354 e. The smallest absolute Gasteiger partial charge is 0.230 e. The van der Waals surface area contributed by atoms with Gasteiger partial charge in [-0.3, -0.25) is 9.89 Å². The number of hydrogen-bond acceptors (Lipinski definition) is 7. The zero-order valence-electron chi connectivity index (χ0n) is 14.3. The molecule has 10 heteroatoms. The first-order valence-corrected chi connectivity index (χ1v) is 8.45. The number of nitrogens with zero attached hydrogens (tertiary/aromatic N) is 7. The van der Waals surface area contributed by atoms with Crippen LogP contribution in [0.15, 0.2) is 30.9 Å². The lowest BCUT2D eigenvalue weighted by Gasteiger charge is -2.32. The van der Waals surface area contributed by atoms with Gasteiger partial charge in [0.1, 0.15) is 12.7 Å². The van der Waals surface area contributed by atoms with Gasteiger partial charge in [-0.05, 0) is 31.9 Å². The van der Waals surface area contributed by atoms with Gasteiger partial charge in [0.05, 0.1) is 5.92 Å². The summed E-state index contributed by atoms with van der Waals surface area (Å²) >= 11 is 0. The molecule has 1 fully saturated rings. The number of carbonyl (C=O) groups excluding carboxylic acids is 1. The number of anilines is 2. The number of H-pyrrole nitrogens is 1. The summed E-state index contributed by atoms with van der Waals surface area (Å²) in [6.07, 6.45) is 4.78. The van der Waals surface area contributed by atoms with Gasteiger partial charge in [-0.2, -0.15) is 10.2 Å². The van der Waals surface area contributed by atoms with Crippen LogP contribution < -0.4 is 10.2 Å². The highest BCUT2D eigenvalue weighted by molar-refractivity contribution is 5.92. The van der Waals surface area contributed by atoms with E-state index in [1.807, 2.05) is 25.1 Å². The van der Waals surface area contributed by atoms with Gasteiger partial charge in [-0.25, -0.2) is 9.67 Å². The summed E-state index contributed by atoms with van der Waals surface area (Å²) in [5.41, 5.74) is 0.910. The Balaban J connectivity index is 1.42. The molecule has 0 aromatic carbocycles. The Kier molecular flexibility index (Phi) is 4.30. The lowest BCUT2D eigenvalue weighted by molar-refractivity contribution is -0.120. The zero-order chi connectivity index (χ0) is 17.9. The van der Waals surface area contributed by atoms with Gasteiger partial charge in [0.15, 0.2) is 17.5 Å². The molecule has 3 aromatic rings. The fraction of sp³-hybridized carbons (Fsp3) is 0.375. The SMILES string of the molecule is Cc1cc(NC(=O)C2CCCN(c3ccc(-n4cncn4)nn3)C2)n[nH]1. The van der Waals surface area contributed by atoms with Crippen LogP contribution in [0.4, 0.5) is 11.6 Å². The first kappa shape index (κ1) is 16.2. The first-order valence-electron chi connectivity index (χ1n) is 8.45. The molecule has 4 rings (SSSR count). The van der Waals surface area contributed by atoms with E-state index in [0.29, 0.717) is 18.2 Å². The minimum atomic E-state index is -0.113. The third-order valence-electron chi connectivity index (χ3n) is 4.36. The van der Waals surface area contributed by atoms with Crippen LogP contribution in [0.25, 0.3) is 5.82 Å². The van der Waals surface area contributed by atoms with Crippen molar-refractivity contribution in [2.24, 2.45) is 5.92 Å². The van der Waals surface area contributed by atoms with E-state index in [2.05, 4.69) is 40.7 Å². The lowest BCUT2D eigenvalue weighted by atomic mass is 9.97. The molecule has 1 aliphatic heterocycles. The predicted octanol–water partition coefficient (Wildman–Crippen LogP) is 0.944. The molecule has 1 amide bonds. The number of amides is 1. The van der Waals surface area contributed by atoms with Crippen molar-refractivity contribution < 1.29 is 4.79 Å². The normalized spacial score (nSPS) is 17.3. The van der Waals surface area contributed by atoms with Crippen LogP contribution in [-0.2, 0) is 4.79 Å². The van der Waals surface area contributed by atoms with Crippen LogP contribution in [0.5, 0.6) is 0 Å². The number of aromatic amines is 1. The lowest BCUT2D eigenvalue weighted by Crippen LogP contribution is -2.41. The fourth-order valence-corrected chi connectivity index (χ4v) is 3.05. The van der Waals surface area contributed by atoms with E-state index in [1.165, 1.54) is 6.33 Å². The third kappa shape index (κ3) is 3.39. The second-order valence-electron chi connectivity index (χ2n) is 6.30. The minimum absolute atomic E-state index is 0.0200. The molecule has 134 valence electrons. The molecule has 1 atom stereocenters. The molecule has 2 N–H and O–H groups in total. The maximum Gasteiger partial charge on any atom is 0.230 e. The van der Waals surface area contributed by atoms with Crippen LogP contribution in [0.3, 0.4) is 0 Å². The van der Waals surface area contributed by atoms with Crippen LogP contribution in [0.2, 0.25) is 0 Å². The average Bonchev–Trinajstić information content (AvgIpc) is 3.34. The quantitative estimate of drug-likeness (QED) is 0.717. The van der Waals surface area contributed by atoms with Gasteiger partial charge in [-0.1, -0.05) is 0 Å². The van der Waals surface area contributed by atoms with E-state index in [-0.39, 0.29) is 11.8 Å². The fourth-order valence-electron chi connectivity index (χ4n) is 3.05. The molecule has 3 aromatic heterocycles. The predicted molar refractivity (Wildman–Crippen MR) is 93.8 cm³/mol. The molecule has 1 aliphatic rings. The topological polar surface area (TPSA) is 118 Å². The van der Waals surface area contributed by atoms with E-state index in [9.17, 15) is 4.79 Å². The number of aryl methyl sites for hydroxylation is 1. The standard InChI is InChI=1S/C16H19N9O/c1-11-7-13(21-20-11)19-16(26)12-3-2-6-24(8-12)14-4-5-15(23-22-14)25-10-17-9-18-25/h4-5,7,9-10,12H,2-3,6,8H2,1H3,(H2,19,20,21,26). The summed E-state index contributed by atoms with van der Waals surface area (Å²) in [4.78, 5) is 18.5. The van der Waals surface area contributed by atoms with E-state index >= 15 is 0 Å². The van der Waals surface area contributed by atoms with E-state index in [0.717, 1.165) is 30.9 Å². The van der Waals surface area contributed by atoms with E-state index < -0.39 is 0 Å². The van der Waals surface area contributed by atoms with Gasteiger partial charge in [0.2, 0.25) is 5.91 Å². The summed E-state index contributed by atoms with van der Waals surface area (Å²) in [5.74, 6) is 1.78. The molecule has 1 unspecified atom stereocenters. The maximum absolute atomic E-state index is 12.5. The molecule has 0 spiro atoms. The van der Waals surface area contributed by atoms with Crippen molar-refractivity contribution in [2.75, 3.05) is 23.3 Å². The number of hydrogen-bond donors (Lipinski definition) is 2. The molecular weight excluding hydrogens is 334 g/mol. The molecule has 10 nitrogen and oxygen atoms in total. The van der Waals surface area contributed by atoms with Crippen molar-refractivity contribution >= 4 is 17.5 Å². The number of nitrogens with one attached hydrogen (secondary N) is 2. The average molecular weight is 353 g/mol. The van der Waals surface area contributed by atoms with Gasteiger partial charge < -0.3 is 10.2 Å². The van der Waals surface area contributed by atoms with Crippen LogP contribution in [-0.4, -0.2) is 54.2 Å². The summed E-state index contributed by atoms with van der Waals surface area (Å²) in [6.45, 7) is 3.35. The molecule has 0 radical (unpaired) electrons. The summed E-state index contributed by atoms with van der Waals surface area (Å²) in [7, 11) is 0. The Morgan fingerprint density at radius 1 is 1.31 bits per heavy atom. The van der Waals surface area contributed by atoms with Crippen LogP contribution in [0.1, 0.15) is 18.5 Å². The van der Waals surface area contributed by atoms with Gasteiger partial charge in [0, 0.05) is 24.8 Å². The second kappa shape index (κ2) is 6.90. The highest BCUT2D eigenvalue weighted by atomic mass is 16.2. The van der Waals surface area contributed by atoms with Gasteiger partial charge in [-0.15, -0.1) is 10.2 Å².